The third kappa shape index (κ3) is 3.91. The highest BCUT2D eigenvalue weighted by Crippen LogP contribution is 2.28. The van der Waals surface area contributed by atoms with Crippen LogP contribution in [0.5, 0.6) is 0 Å². The van der Waals surface area contributed by atoms with Crippen LogP contribution in [0.25, 0.3) is 0 Å². The number of nitro groups is 1. The molecule has 1 aliphatic heterocycles. The number of benzene rings is 1. The van der Waals surface area contributed by atoms with E-state index in [1.165, 1.54) is 18.9 Å². The van der Waals surface area contributed by atoms with E-state index in [1.807, 2.05) is 0 Å². The van der Waals surface area contributed by atoms with E-state index in [1.54, 1.807) is 12.1 Å². The molecule has 0 bridgehead atoms. The van der Waals surface area contributed by atoms with Crippen molar-refractivity contribution in [3.8, 4) is 0 Å². The van der Waals surface area contributed by atoms with Gasteiger partial charge in [-0.2, -0.15) is 0 Å². The Labute approximate surface area is 121 Å². The van der Waals surface area contributed by atoms with Gasteiger partial charge in [-0.15, -0.1) is 0 Å². The summed E-state index contributed by atoms with van der Waals surface area (Å²) >= 11 is 3.35. The summed E-state index contributed by atoms with van der Waals surface area (Å²) in [6.45, 7) is 5.24. The molecule has 1 atom stereocenters. The second-order valence-corrected chi connectivity index (χ2v) is 5.89. The Hall–Kier alpha value is -1.14. The number of anilines is 1. The molecule has 1 aromatic carbocycles. The standard InChI is InChI=1S/C13H18BrN3O2/c1-10(9-16-6-2-3-7-16)15-12-8-11(14)4-5-13(12)17(18)19/h4-5,8,10,15H,2-3,6-7,9H2,1H3. The van der Waals surface area contributed by atoms with Gasteiger partial charge >= 0.3 is 0 Å². The SMILES string of the molecule is CC(CN1CCCC1)Nc1cc(Br)ccc1[N+](=O)[O-]. The van der Waals surface area contributed by atoms with E-state index in [2.05, 4.69) is 33.1 Å². The van der Waals surface area contributed by atoms with Crippen molar-refractivity contribution in [3.05, 3.63) is 32.8 Å². The Morgan fingerprint density at radius 3 is 2.79 bits per heavy atom. The molecular formula is C13H18BrN3O2. The average Bonchev–Trinajstić information content (AvgIpc) is 2.81. The molecule has 104 valence electrons. The molecule has 6 heteroatoms. The zero-order chi connectivity index (χ0) is 13.8. The van der Waals surface area contributed by atoms with Crippen LogP contribution in [0.4, 0.5) is 11.4 Å². The van der Waals surface area contributed by atoms with Crippen LogP contribution in [0.15, 0.2) is 22.7 Å². The Balaban J connectivity index is 2.04. The van der Waals surface area contributed by atoms with E-state index in [0.29, 0.717) is 5.69 Å². The first-order valence-electron chi connectivity index (χ1n) is 6.49. The van der Waals surface area contributed by atoms with Gasteiger partial charge in [-0.25, -0.2) is 0 Å². The van der Waals surface area contributed by atoms with E-state index in [0.717, 1.165) is 24.1 Å². The van der Waals surface area contributed by atoms with Crippen LogP contribution in [0.2, 0.25) is 0 Å². The first kappa shape index (κ1) is 14.3. The largest absolute Gasteiger partial charge is 0.376 e. The molecule has 1 unspecified atom stereocenters. The van der Waals surface area contributed by atoms with Crippen LogP contribution in [0, 0.1) is 10.1 Å². The summed E-state index contributed by atoms with van der Waals surface area (Å²) in [5.41, 5.74) is 0.697. The molecule has 1 aromatic rings. The van der Waals surface area contributed by atoms with E-state index in [9.17, 15) is 10.1 Å². The van der Waals surface area contributed by atoms with Crippen LogP contribution in [-0.4, -0.2) is 35.5 Å². The molecule has 0 saturated carbocycles. The molecule has 0 radical (unpaired) electrons. The maximum absolute atomic E-state index is 11.0. The van der Waals surface area contributed by atoms with Crippen molar-refractivity contribution in [1.82, 2.24) is 4.90 Å². The Morgan fingerprint density at radius 2 is 2.16 bits per heavy atom. The van der Waals surface area contributed by atoms with E-state index >= 15 is 0 Å². The number of hydrogen-bond donors (Lipinski definition) is 1. The third-order valence-corrected chi connectivity index (χ3v) is 3.78. The second-order valence-electron chi connectivity index (χ2n) is 4.97. The van der Waals surface area contributed by atoms with Crippen molar-refractivity contribution in [2.75, 3.05) is 25.0 Å². The van der Waals surface area contributed by atoms with Crippen LogP contribution in [0.1, 0.15) is 19.8 Å². The van der Waals surface area contributed by atoms with Gasteiger partial charge in [0.25, 0.3) is 5.69 Å². The van der Waals surface area contributed by atoms with Crippen molar-refractivity contribution < 1.29 is 4.92 Å². The molecule has 0 spiro atoms. The lowest BCUT2D eigenvalue weighted by Gasteiger charge is -2.22. The molecule has 1 N–H and O–H groups in total. The maximum Gasteiger partial charge on any atom is 0.292 e. The molecular weight excluding hydrogens is 310 g/mol. The summed E-state index contributed by atoms with van der Waals surface area (Å²) in [6, 6.07) is 5.16. The zero-order valence-corrected chi connectivity index (χ0v) is 12.5. The van der Waals surface area contributed by atoms with Gasteiger partial charge < -0.3 is 10.2 Å². The Bertz CT molecular complexity index is 461. The minimum atomic E-state index is -0.350. The van der Waals surface area contributed by atoms with Crippen LogP contribution in [0.3, 0.4) is 0 Å². The predicted octanol–water partition coefficient (Wildman–Crippen LogP) is 3.25. The minimum absolute atomic E-state index is 0.122. The van der Waals surface area contributed by atoms with Gasteiger partial charge in [-0.1, -0.05) is 15.9 Å². The second kappa shape index (κ2) is 6.34. The minimum Gasteiger partial charge on any atom is -0.376 e. The van der Waals surface area contributed by atoms with Crippen molar-refractivity contribution in [2.45, 2.75) is 25.8 Å². The fourth-order valence-corrected chi connectivity index (χ4v) is 2.81. The molecule has 1 heterocycles. The summed E-state index contributed by atoms with van der Waals surface area (Å²) in [5.74, 6) is 0. The van der Waals surface area contributed by atoms with Gasteiger partial charge in [0.2, 0.25) is 0 Å². The predicted molar refractivity (Wildman–Crippen MR) is 79.6 cm³/mol. The number of nitrogens with one attached hydrogen (secondary N) is 1. The third-order valence-electron chi connectivity index (χ3n) is 3.29. The summed E-state index contributed by atoms with van der Waals surface area (Å²) < 4.78 is 0.842. The summed E-state index contributed by atoms with van der Waals surface area (Å²) in [6.07, 6.45) is 2.51. The first-order valence-corrected chi connectivity index (χ1v) is 7.28. The molecule has 5 nitrogen and oxygen atoms in total. The lowest BCUT2D eigenvalue weighted by molar-refractivity contribution is -0.384. The van der Waals surface area contributed by atoms with Gasteiger partial charge in [-0.3, -0.25) is 10.1 Å². The van der Waals surface area contributed by atoms with Gasteiger partial charge in [0.1, 0.15) is 5.69 Å². The molecule has 2 rings (SSSR count). The van der Waals surface area contributed by atoms with Gasteiger partial charge in [0.05, 0.1) is 4.92 Å². The van der Waals surface area contributed by atoms with Crippen molar-refractivity contribution in [3.63, 3.8) is 0 Å². The fraction of sp³-hybridized carbons (Fsp3) is 0.538. The van der Waals surface area contributed by atoms with E-state index in [-0.39, 0.29) is 16.7 Å². The van der Waals surface area contributed by atoms with Gasteiger partial charge in [0, 0.05) is 23.1 Å². The number of likely N-dealkylation sites (tertiary alicyclic amines) is 1. The summed E-state index contributed by atoms with van der Waals surface area (Å²) in [7, 11) is 0. The van der Waals surface area contributed by atoms with Crippen LogP contribution < -0.4 is 5.32 Å². The smallest absolute Gasteiger partial charge is 0.292 e. The zero-order valence-electron chi connectivity index (χ0n) is 10.9. The summed E-state index contributed by atoms with van der Waals surface area (Å²) in [4.78, 5) is 13.0. The van der Waals surface area contributed by atoms with Crippen LogP contribution >= 0.6 is 15.9 Å². The van der Waals surface area contributed by atoms with E-state index < -0.39 is 0 Å². The van der Waals surface area contributed by atoms with Crippen molar-refractivity contribution in [2.24, 2.45) is 0 Å². The monoisotopic (exact) mass is 327 g/mol. The first-order chi connectivity index (χ1) is 9.06. The molecule has 0 aliphatic carbocycles. The lowest BCUT2D eigenvalue weighted by atomic mass is 10.2. The number of halogens is 1. The molecule has 0 aromatic heterocycles. The molecule has 0 amide bonds. The molecule has 1 saturated heterocycles. The topological polar surface area (TPSA) is 58.4 Å². The number of rotatable bonds is 5. The Kier molecular flexibility index (Phi) is 4.76. The molecule has 1 fully saturated rings. The van der Waals surface area contributed by atoms with Crippen LogP contribution in [-0.2, 0) is 0 Å². The number of nitro benzene ring substituents is 1. The molecule has 19 heavy (non-hydrogen) atoms. The summed E-state index contributed by atoms with van der Waals surface area (Å²) in [5, 5.41) is 14.2. The Morgan fingerprint density at radius 1 is 1.47 bits per heavy atom. The maximum atomic E-state index is 11.0. The highest BCUT2D eigenvalue weighted by atomic mass is 79.9. The molecule has 1 aliphatic rings. The van der Waals surface area contributed by atoms with Crippen molar-refractivity contribution >= 4 is 27.3 Å². The van der Waals surface area contributed by atoms with Gasteiger partial charge in [0.15, 0.2) is 0 Å². The lowest BCUT2D eigenvalue weighted by Crippen LogP contribution is -2.33. The fourth-order valence-electron chi connectivity index (χ4n) is 2.45. The van der Waals surface area contributed by atoms with Gasteiger partial charge in [-0.05, 0) is 45.0 Å². The highest BCUT2D eigenvalue weighted by molar-refractivity contribution is 9.10. The highest BCUT2D eigenvalue weighted by Gasteiger charge is 2.18. The number of hydrogen-bond acceptors (Lipinski definition) is 4. The average molecular weight is 328 g/mol. The van der Waals surface area contributed by atoms with Crippen molar-refractivity contribution in [1.29, 1.82) is 0 Å². The normalized spacial score (nSPS) is 17.4. The van der Waals surface area contributed by atoms with E-state index in [4.69, 9.17) is 0 Å². The number of nitrogens with zero attached hydrogens (tertiary/aromatic N) is 2. The quantitative estimate of drug-likeness (QED) is 0.666.